The summed E-state index contributed by atoms with van der Waals surface area (Å²) in [5.41, 5.74) is 6.66. The first-order valence-electron chi connectivity index (χ1n) is 4.04. The van der Waals surface area contributed by atoms with E-state index in [0.717, 1.165) is 18.5 Å². The van der Waals surface area contributed by atoms with Crippen LogP contribution in [0.4, 0.5) is 0 Å². The number of halogens is 1. The number of nitrogens with two attached hydrogens (primary N) is 1. The van der Waals surface area contributed by atoms with E-state index >= 15 is 0 Å². The molecule has 0 atom stereocenters. The molecule has 0 bridgehead atoms. The fraction of sp³-hybridized carbons (Fsp3) is 0.333. The Kier molecular flexibility index (Phi) is 2.88. The lowest BCUT2D eigenvalue weighted by Crippen LogP contribution is -2.14. The molecule has 1 aliphatic rings. The van der Waals surface area contributed by atoms with E-state index in [0.29, 0.717) is 11.5 Å². The lowest BCUT2D eigenvalue weighted by atomic mass is 10.1. The van der Waals surface area contributed by atoms with Crippen LogP contribution in [0.5, 0.6) is 0 Å². The molecule has 1 amide bonds. The second-order valence-electron chi connectivity index (χ2n) is 3.07. The largest absolute Gasteiger partial charge is 0.366 e. The summed E-state index contributed by atoms with van der Waals surface area (Å²) < 4.78 is 0. The number of carbonyl (C=O) groups is 1. The zero-order chi connectivity index (χ0) is 8.55. The molecule has 2 rings (SSSR count). The number of hydrogen-bond donors (Lipinski definition) is 1. The van der Waals surface area contributed by atoms with Crippen molar-refractivity contribution in [1.82, 2.24) is 4.98 Å². The van der Waals surface area contributed by atoms with Crippen LogP contribution in [0.25, 0.3) is 0 Å². The standard InChI is InChI=1S/C9H10N2O.ClH/c10-9(12)7-2-1-5-11-8(7)6-3-4-6;/h1-2,5-6H,3-4H2,(H2,10,12);1H. The Bertz CT molecular complexity index is 323. The summed E-state index contributed by atoms with van der Waals surface area (Å²) in [6.07, 6.45) is 3.98. The van der Waals surface area contributed by atoms with E-state index in [1.165, 1.54) is 0 Å². The molecular weight excluding hydrogens is 188 g/mol. The summed E-state index contributed by atoms with van der Waals surface area (Å²) >= 11 is 0. The van der Waals surface area contributed by atoms with Crippen molar-refractivity contribution in [2.75, 3.05) is 0 Å². The minimum atomic E-state index is -0.370. The van der Waals surface area contributed by atoms with Gasteiger partial charge in [0, 0.05) is 12.1 Å². The van der Waals surface area contributed by atoms with Crippen molar-refractivity contribution >= 4 is 18.3 Å². The van der Waals surface area contributed by atoms with Gasteiger partial charge in [-0.25, -0.2) is 0 Å². The summed E-state index contributed by atoms with van der Waals surface area (Å²) in [5, 5.41) is 0. The van der Waals surface area contributed by atoms with Crippen molar-refractivity contribution in [1.29, 1.82) is 0 Å². The molecule has 1 aromatic heterocycles. The maximum atomic E-state index is 10.9. The molecule has 1 aromatic rings. The maximum Gasteiger partial charge on any atom is 0.250 e. The maximum absolute atomic E-state index is 10.9. The lowest BCUT2D eigenvalue weighted by Gasteiger charge is -2.01. The number of nitrogens with zero attached hydrogens (tertiary/aromatic N) is 1. The summed E-state index contributed by atoms with van der Waals surface area (Å²) in [4.78, 5) is 15.1. The lowest BCUT2D eigenvalue weighted by molar-refractivity contribution is 0.0999. The molecule has 0 aliphatic heterocycles. The number of hydrogen-bond acceptors (Lipinski definition) is 2. The number of aromatic nitrogens is 1. The fourth-order valence-electron chi connectivity index (χ4n) is 1.31. The predicted molar refractivity (Wildman–Crippen MR) is 52.0 cm³/mol. The molecule has 0 unspecified atom stereocenters. The van der Waals surface area contributed by atoms with Gasteiger partial charge in [0.05, 0.1) is 11.3 Å². The number of amides is 1. The van der Waals surface area contributed by atoms with Crippen molar-refractivity contribution in [2.45, 2.75) is 18.8 Å². The highest BCUT2D eigenvalue weighted by atomic mass is 35.5. The average Bonchev–Trinajstić information content (AvgIpc) is 2.87. The minimum absolute atomic E-state index is 0. The van der Waals surface area contributed by atoms with Crippen LogP contribution in [0.3, 0.4) is 0 Å². The molecule has 0 saturated heterocycles. The van der Waals surface area contributed by atoms with E-state index in [1.54, 1.807) is 18.3 Å². The highest BCUT2D eigenvalue weighted by Gasteiger charge is 2.28. The van der Waals surface area contributed by atoms with Gasteiger partial charge >= 0.3 is 0 Å². The van der Waals surface area contributed by atoms with Crippen LogP contribution in [-0.2, 0) is 0 Å². The Morgan fingerprint density at radius 1 is 1.54 bits per heavy atom. The van der Waals surface area contributed by atoms with Gasteiger partial charge in [-0.3, -0.25) is 9.78 Å². The first kappa shape index (κ1) is 9.99. The summed E-state index contributed by atoms with van der Waals surface area (Å²) in [6.45, 7) is 0. The topological polar surface area (TPSA) is 56.0 Å². The van der Waals surface area contributed by atoms with Crippen LogP contribution in [0.1, 0.15) is 34.8 Å². The normalized spacial score (nSPS) is 14.8. The number of primary amides is 1. The molecule has 0 spiro atoms. The van der Waals surface area contributed by atoms with Gasteiger partial charge in [0.25, 0.3) is 5.91 Å². The van der Waals surface area contributed by atoms with Gasteiger partial charge in [0.1, 0.15) is 0 Å². The summed E-state index contributed by atoms with van der Waals surface area (Å²) in [6, 6.07) is 3.48. The molecule has 1 fully saturated rings. The Morgan fingerprint density at radius 2 is 2.23 bits per heavy atom. The van der Waals surface area contributed by atoms with Crippen LogP contribution in [0, 0.1) is 0 Å². The second kappa shape index (κ2) is 3.75. The molecular formula is C9H11ClN2O. The molecule has 0 radical (unpaired) electrons. The molecule has 13 heavy (non-hydrogen) atoms. The highest BCUT2D eigenvalue weighted by Crippen LogP contribution is 2.40. The zero-order valence-electron chi connectivity index (χ0n) is 7.06. The van der Waals surface area contributed by atoms with Crippen molar-refractivity contribution in [3.05, 3.63) is 29.6 Å². The molecule has 3 nitrogen and oxygen atoms in total. The van der Waals surface area contributed by atoms with E-state index in [-0.39, 0.29) is 18.3 Å². The molecule has 70 valence electrons. The Hall–Kier alpha value is -1.09. The predicted octanol–water partition coefficient (Wildman–Crippen LogP) is 1.48. The van der Waals surface area contributed by atoms with Crippen molar-refractivity contribution in [2.24, 2.45) is 5.73 Å². The van der Waals surface area contributed by atoms with Gasteiger partial charge in [-0.2, -0.15) is 0 Å². The Morgan fingerprint density at radius 3 is 2.77 bits per heavy atom. The first-order valence-corrected chi connectivity index (χ1v) is 4.04. The van der Waals surface area contributed by atoms with Crippen LogP contribution in [-0.4, -0.2) is 10.9 Å². The Labute approximate surface area is 82.8 Å². The number of rotatable bonds is 2. The number of carbonyl (C=O) groups excluding carboxylic acids is 1. The van der Waals surface area contributed by atoms with Gasteiger partial charge in [0.2, 0.25) is 0 Å². The fourth-order valence-corrected chi connectivity index (χ4v) is 1.31. The zero-order valence-corrected chi connectivity index (χ0v) is 7.88. The third-order valence-electron chi connectivity index (χ3n) is 2.07. The van der Waals surface area contributed by atoms with Crippen LogP contribution < -0.4 is 5.73 Å². The smallest absolute Gasteiger partial charge is 0.250 e. The van der Waals surface area contributed by atoms with Crippen molar-refractivity contribution < 1.29 is 4.79 Å². The molecule has 2 N–H and O–H groups in total. The van der Waals surface area contributed by atoms with Crippen molar-refractivity contribution in [3.8, 4) is 0 Å². The monoisotopic (exact) mass is 198 g/mol. The molecule has 1 aliphatic carbocycles. The highest BCUT2D eigenvalue weighted by molar-refractivity contribution is 5.94. The van der Waals surface area contributed by atoms with Gasteiger partial charge < -0.3 is 5.73 Å². The van der Waals surface area contributed by atoms with Crippen LogP contribution in [0.15, 0.2) is 18.3 Å². The van der Waals surface area contributed by atoms with Crippen LogP contribution >= 0.6 is 12.4 Å². The molecule has 4 heteroatoms. The molecule has 0 aromatic carbocycles. The average molecular weight is 199 g/mol. The van der Waals surface area contributed by atoms with E-state index in [1.807, 2.05) is 0 Å². The summed E-state index contributed by atoms with van der Waals surface area (Å²) in [5.74, 6) is 0.110. The SMILES string of the molecule is Cl.NC(=O)c1cccnc1C1CC1. The van der Waals surface area contributed by atoms with Gasteiger partial charge in [-0.15, -0.1) is 12.4 Å². The first-order chi connectivity index (χ1) is 5.79. The molecule has 1 saturated carbocycles. The van der Waals surface area contributed by atoms with Crippen molar-refractivity contribution in [3.63, 3.8) is 0 Å². The Balaban J connectivity index is 0.000000845. The van der Waals surface area contributed by atoms with Gasteiger partial charge in [-0.1, -0.05) is 0 Å². The quantitative estimate of drug-likeness (QED) is 0.783. The van der Waals surface area contributed by atoms with Gasteiger partial charge in [-0.05, 0) is 25.0 Å². The van der Waals surface area contributed by atoms with E-state index in [2.05, 4.69) is 4.98 Å². The number of pyridine rings is 1. The van der Waals surface area contributed by atoms with E-state index < -0.39 is 0 Å². The minimum Gasteiger partial charge on any atom is -0.366 e. The van der Waals surface area contributed by atoms with Crippen LogP contribution in [0.2, 0.25) is 0 Å². The van der Waals surface area contributed by atoms with Gasteiger partial charge in [0.15, 0.2) is 0 Å². The summed E-state index contributed by atoms with van der Waals surface area (Å²) in [7, 11) is 0. The van der Waals surface area contributed by atoms with E-state index in [4.69, 9.17) is 5.73 Å². The second-order valence-corrected chi connectivity index (χ2v) is 3.07. The third kappa shape index (κ3) is 1.98. The molecule has 1 heterocycles. The third-order valence-corrected chi connectivity index (χ3v) is 2.07. The van der Waals surface area contributed by atoms with E-state index in [9.17, 15) is 4.79 Å².